The number of nitrogens with zero attached hydrogens (tertiary/aromatic N) is 2. The van der Waals surface area contributed by atoms with Crippen LogP contribution in [-0.4, -0.2) is 55.0 Å². The van der Waals surface area contributed by atoms with Crippen molar-refractivity contribution in [2.75, 3.05) is 33.3 Å². The van der Waals surface area contributed by atoms with Crippen molar-refractivity contribution < 1.29 is 9.53 Å². The first kappa shape index (κ1) is 17.8. The van der Waals surface area contributed by atoms with Crippen LogP contribution in [0.1, 0.15) is 49.7 Å². The zero-order valence-electron chi connectivity index (χ0n) is 16.1. The van der Waals surface area contributed by atoms with Gasteiger partial charge in [0.05, 0.1) is 6.61 Å². The predicted molar refractivity (Wildman–Crippen MR) is 104 cm³/mol. The van der Waals surface area contributed by atoms with Gasteiger partial charge >= 0.3 is 0 Å². The molecule has 1 aromatic carbocycles. The van der Waals surface area contributed by atoms with E-state index in [-0.39, 0.29) is 5.91 Å². The van der Waals surface area contributed by atoms with E-state index >= 15 is 0 Å². The fourth-order valence-corrected chi connectivity index (χ4v) is 5.08. The molecule has 1 amide bonds. The van der Waals surface area contributed by atoms with E-state index in [2.05, 4.69) is 23.1 Å². The molecule has 2 fully saturated rings. The molecular weight excluding hydrogens is 324 g/mol. The van der Waals surface area contributed by atoms with Gasteiger partial charge in [-0.25, -0.2) is 0 Å². The molecule has 3 heterocycles. The van der Waals surface area contributed by atoms with Crippen LogP contribution in [0.2, 0.25) is 0 Å². The third kappa shape index (κ3) is 3.90. The van der Waals surface area contributed by atoms with Crippen LogP contribution in [0.25, 0.3) is 0 Å². The zero-order valence-corrected chi connectivity index (χ0v) is 16.1. The van der Waals surface area contributed by atoms with Crippen LogP contribution in [0.4, 0.5) is 0 Å². The highest BCUT2D eigenvalue weighted by atomic mass is 16.5. The van der Waals surface area contributed by atoms with Crippen molar-refractivity contribution in [3.8, 4) is 5.75 Å². The first-order valence-corrected chi connectivity index (χ1v) is 10.4. The molecule has 2 unspecified atom stereocenters. The van der Waals surface area contributed by atoms with Crippen LogP contribution in [0.3, 0.4) is 0 Å². The average Bonchev–Trinajstić information content (AvgIpc) is 3.14. The summed E-state index contributed by atoms with van der Waals surface area (Å²) in [4.78, 5) is 17.4. The highest BCUT2D eigenvalue weighted by molar-refractivity contribution is 5.76. The van der Waals surface area contributed by atoms with Crippen LogP contribution in [-0.2, 0) is 17.6 Å². The smallest absolute Gasteiger partial charge is 0.222 e. The number of rotatable bonds is 5. The number of carbonyl (C=O) groups excluding carboxylic acids is 1. The van der Waals surface area contributed by atoms with Crippen LogP contribution < -0.4 is 4.74 Å². The second kappa shape index (κ2) is 7.99. The Morgan fingerprint density at radius 2 is 2.12 bits per heavy atom. The molecule has 4 heteroatoms. The summed E-state index contributed by atoms with van der Waals surface area (Å²) in [5, 5.41) is 0. The van der Waals surface area contributed by atoms with Crippen LogP contribution >= 0.6 is 0 Å². The number of amides is 1. The lowest BCUT2D eigenvalue weighted by Gasteiger charge is -2.45. The molecule has 26 heavy (non-hydrogen) atoms. The van der Waals surface area contributed by atoms with Gasteiger partial charge in [-0.05, 0) is 68.3 Å². The molecule has 1 aromatic rings. The average molecular weight is 357 g/mol. The van der Waals surface area contributed by atoms with E-state index in [0.717, 1.165) is 31.7 Å². The molecule has 3 aliphatic heterocycles. The van der Waals surface area contributed by atoms with Gasteiger partial charge in [-0.15, -0.1) is 0 Å². The van der Waals surface area contributed by atoms with Gasteiger partial charge in [-0.2, -0.15) is 0 Å². The SMILES string of the molecule is CN(CC1CCCN2CCCCC12)C(=O)CCc1ccc2c(c1)CCO2. The van der Waals surface area contributed by atoms with Crippen molar-refractivity contribution in [3.63, 3.8) is 0 Å². The summed E-state index contributed by atoms with van der Waals surface area (Å²) in [5.74, 6) is 1.97. The van der Waals surface area contributed by atoms with Crippen LogP contribution in [0, 0.1) is 5.92 Å². The van der Waals surface area contributed by atoms with Gasteiger partial charge in [0, 0.05) is 32.5 Å². The van der Waals surface area contributed by atoms with Crippen molar-refractivity contribution in [2.45, 2.75) is 57.4 Å². The number of benzene rings is 1. The summed E-state index contributed by atoms with van der Waals surface area (Å²) in [6.07, 6.45) is 9.04. The van der Waals surface area contributed by atoms with Gasteiger partial charge in [-0.1, -0.05) is 18.6 Å². The molecule has 0 aliphatic carbocycles. The summed E-state index contributed by atoms with van der Waals surface area (Å²) in [6, 6.07) is 7.10. The molecule has 0 spiro atoms. The van der Waals surface area contributed by atoms with E-state index in [1.54, 1.807) is 0 Å². The molecule has 0 radical (unpaired) electrons. The van der Waals surface area contributed by atoms with E-state index in [9.17, 15) is 4.79 Å². The van der Waals surface area contributed by atoms with Gasteiger partial charge in [0.2, 0.25) is 5.91 Å². The lowest BCUT2D eigenvalue weighted by atomic mass is 9.83. The minimum Gasteiger partial charge on any atom is -0.493 e. The summed E-state index contributed by atoms with van der Waals surface area (Å²) in [5.41, 5.74) is 2.55. The monoisotopic (exact) mass is 356 g/mol. The highest BCUT2D eigenvalue weighted by Crippen LogP contribution is 2.31. The Balaban J connectivity index is 1.29. The lowest BCUT2D eigenvalue weighted by Crippen LogP contribution is -2.51. The standard InChI is InChI=1S/C22H32N2O2/c1-23(16-19-5-4-13-24-12-3-2-6-20(19)24)22(25)10-8-17-7-9-21-18(15-17)11-14-26-21/h7,9,15,19-20H,2-6,8,10-14,16H2,1H3. The Morgan fingerprint density at radius 1 is 1.23 bits per heavy atom. The van der Waals surface area contributed by atoms with Crippen molar-refractivity contribution in [1.29, 1.82) is 0 Å². The number of hydrogen-bond acceptors (Lipinski definition) is 3. The third-order valence-corrected chi connectivity index (χ3v) is 6.54. The van der Waals surface area contributed by atoms with Crippen LogP contribution in [0.5, 0.6) is 5.75 Å². The zero-order chi connectivity index (χ0) is 17.9. The molecule has 3 aliphatic rings. The van der Waals surface area contributed by atoms with Gasteiger partial charge in [0.25, 0.3) is 0 Å². The minimum atomic E-state index is 0.287. The van der Waals surface area contributed by atoms with Gasteiger partial charge < -0.3 is 14.5 Å². The predicted octanol–water partition coefficient (Wildman–Crippen LogP) is 3.28. The van der Waals surface area contributed by atoms with E-state index in [0.29, 0.717) is 18.4 Å². The minimum absolute atomic E-state index is 0.287. The number of piperidine rings is 2. The summed E-state index contributed by atoms with van der Waals surface area (Å²) in [7, 11) is 2.00. The second-order valence-corrected chi connectivity index (χ2v) is 8.32. The Morgan fingerprint density at radius 3 is 3.04 bits per heavy atom. The van der Waals surface area contributed by atoms with Crippen molar-refractivity contribution in [3.05, 3.63) is 29.3 Å². The first-order chi connectivity index (χ1) is 12.7. The molecule has 4 nitrogen and oxygen atoms in total. The number of carbonyl (C=O) groups is 1. The van der Waals surface area contributed by atoms with E-state index < -0.39 is 0 Å². The van der Waals surface area contributed by atoms with E-state index in [1.807, 2.05) is 11.9 Å². The Bertz CT molecular complexity index is 643. The molecule has 2 atom stereocenters. The van der Waals surface area contributed by atoms with Crippen LogP contribution in [0.15, 0.2) is 18.2 Å². The van der Waals surface area contributed by atoms with Gasteiger partial charge in [-0.3, -0.25) is 4.79 Å². The van der Waals surface area contributed by atoms with Crippen molar-refractivity contribution >= 4 is 5.91 Å². The molecule has 0 bridgehead atoms. The lowest BCUT2D eigenvalue weighted by molar-refractivity contribution is -0.131. The fourth-order valence-electron chi connectivity index (χ4n) is 5.08. The van der Waals surface area contributed by atoms with Gasteiger partial charge in [0.15, 0.2) is 0 Å². The maximum absolute atomic E-state index is 12.7. The highest BCUT2D eigenvalue weighted by Gasteiger charge is 2.33. The summed E-state index contributed by atoms with van der Waals surface area (Å²) in [6.45, 7) is 4.25. The fraction of sp³-hybridized carbons (Fsp3) is 0.682. The molecule has 2 saturated heterocycles. The Labute approximate surface area is 157 Å². The molecule has 0 N–H and O–H groups in total. The Hall–Kier alpha value is -1.55. The molecule has 0 saturated carbocycles. The molecule has 0 aromatic heterocycles. The topological polar surface area (TPSA) is 32.8 Å². The van der Waals surface area contributed by atoms with E-state index in [1.165, 1.54) is 56.3 Å². The number of ether oxygens (including phenoxy) is 1. The number of hydrogen-bond donors (Lipinski definition) is 0. The quantitative estimate of drug-likeness (QED) is 0.812. The largest absolute Gasteiger partial charge is 0.493 e. The summed E-state index contributed by atoms with van der Waals surface area (Å²) >= 11 is 0. The Kier molecular flexibility index (Phi) is 5.49. The maximum atomic E-state index is 12.7. The second-order valence-electron chi connectivity index (χ2n) is 8.32. The maximum Gasteiger partial charge on any atom is 0.222 e. The normalized spacial score (nSPS) is 25.3. The summed E-state index contributed by atoms with van der Waals surface area (Å²) < 4.78 is 5.57. The number of fused-ring (bicyclic) bond motifs is 2. The number of aryl methyl sites for hydroxylation is 1. The third-order valence-electron chi connectivity index (χ3n) is 6.54. The van der Waals surface area contributed by atoms with Gasteiger partial charge in [0.1, 0.15) is 5.75 Å². The van der Waals surface area contributed by atoms with Crippen molar-refractivity contribution in [2.24, 2.45) is 5.92 Å². The van der Waals surface area contributed by atoms with E-state index in [4.69, 9.17) is 4.74 Å². The molecule has 4 rings (SSSR count). The molecule has 142 valence electrons. The molecular formula is C22H32N2O2. The van der Waals surface area contributed by atoms with Crippen molar-refractivity contribution in [1.82, 2.24) is 9.80 Å². The first-order valence-electron chi connectivity index (χ1n) is 10.4.